The van der Waals surface area contributed by atoms with Gasteiger partial charge in [0.1, 0.15) is 5.82 Å². The number of nitrogens with zero attached hydrogens (tertiary/aromatic N) is 1. The second kappa shape index (κ2) is 8.28. The number of aliphatic hydroxyl groups excluding tert-OH is 1. The molecule has 0 aliphatic carbocycles. The van der Waals surface area contributed by atoms with Crippen LogP contribution in [0.5, 0.6) is 0 Å². The molecule has 0 aromatic heterocycles. The molecule has 0 saturated heterocycles. The monoisotopic (exact) mass is 347 g/mol. The molecule has 1 aromatic carbocycles. The zero-order valence-electron chi connectivity index (χ0n) is 15.1. The second-order valence-corrected chi connectivity index (χ2v) is 6.65. The van der Waals surface area contributed by atoms with Crippen molar-refractivity contribution in [2.75, 3.05) is 6.54 Å². The number of ketones is 1. The molecular weight excluding hydrogens is 321 g/mol. The average molecular weight is 347 g/mol. The van der Waals surface area contributed by atoms with Crippen LogP contribution in [0.4, 0.5) is 4.39 Å². The van der Waals surface area contributed by atoms with Crippen LogP contribution in [-0.2, 0) is 9.59 Å². The molecule has 2 atom stereocenters. The highest BCUT2D eigenvalue weighted by atomic mass is 19.1. The molecule has 0 radical (unpaired) electrons. The summed E-state index contributed by atoms with van der Waals surface area (Å²) >= 11 is 0. The van der Waals surface area contributed by atoms with Crippen LogP contribution in [0.25, 0.3) is 0 Å². The number of hydrogen-bond acceptors (Lipinski definition) is 3. The number of aliphatic hydroxyl groups is 1. The molecule has 1 aliphatic rings. The van der Waals surface area contributed by atoms with E-state index in [-0.39, 0.29) is 17.2 Å². The van der Waals surface area contributed by atoms with Crippen molar-refractivity contribution in [2.24, 2.45) is 5.92 Å². The van der Waals surface area contributed by atoms with Crippen LogP contribution in [-0.4, -0.2) is 28.2 Å². The summed E-state index contributed by atoms with van der Waals surface area (Å²) in [7, 11) is 0. The van der Waals surface area contributed by atoms with Gasteiger partial charge in [-0.15, -0.1) is 0 Å². The van der Waals surface area contributed by atoms with Crippen molar-refractivity contribution in [1.29, 1.82) is 0 Å². The Labute approximate surface area is 148 Å². The van der Waals surface area contributed by atoms with Crippen LogP contribution in [0.2, 0.25) is 0 Å². The quantitative estimate of drug-likeness (QED) is 0.761. The summed E-state index contributed by atoms with van der Waals surface area (Å²) in [5, 5.41) is 10.2. The van der Waals surface area contributed by atoms with Gasteiger partial charge < -0.3 is 10.0 Å². The Hall–Kier alpha value is -2.17. The van der Waals surface area contributed by atoms with Gasteiger partial charge in [0.25, 0.3) is 5.91 Å². The van der Waals surface area contributed by atoms with Gasteiger partial charge >= 0.3 is 0 Å². The second-order valence-electron chi connectivity index (χ2n) is 6.65. The van der Waals surface area contributed by atoms with E-state index in [1.54, 1.807) is 17.0 Å². The summed E-state index contributed by atoms with van der Waals surface area (Å²) in [6.45, 7) is 6.01. The molecule has 136 valence electrons. The number of carbonyl (C=O) groups excluding carboxylic acids is 2. The van der Waals surface area contributed by atoms with E-state index in [4.69, 9.17) is 0 Å². The van der Waals surface area contributed by atoms with Crippen LogP contribution in [0, 0.1) is 11.7 Å². The van der Waals surface area contributed by atoms with Crippen LogP contribution < -0.4 is 0 Å². The van der Waals surface area contributed by atoms with Gasteiger partial charge in [-0.05, 0) is 37.0 Å². The molecule has 1 amide bonds. The highest BCUT2D eigenvalue weighted by Gasteiger charge is 2.42. The van der Waals surface area contributed by atoms with Crippen molar-refractivity contribution in [3.8, 4) is 0 Å². The minimum absolute atomic E-state index is 0.0990. The number of hydrogen-bond donors (Lipinski definition) is 1. The van der Waals surface area contributed by atoms with Crippen LogP contribution in [0.3, 0.4) is 0 Å². The van der Waals surface area contributed by atoms with Gasteiger partial charge in [-0.25, -0.2) is 4.39 Å². The minimum atomic E-state index is -0.652. The van der Waals surface area contributed by atoms with E-state index in [9.17, 15) is 19.1 Å². The molecule has 0 spiro atoms. The third-order valence-electron chi connectivity index (χ3n) is 4.87. The van der Waals surface area contributed by atoms with Crippen molar-refractivity contribution < 1.29 is 19.1 Å². The predicted octanol–water partition coefficient (Wildman–Crippen LogP) is 4.33. The molecule has 0 fully saturated rings. The largest absolute Gasteiger partial charge is 0.503 e. The summed E-state index contributed by atoms with van der Waals surface area (Å²) in [5.74, 6) is -1.43. The number of Topliss-reactive ketones (excluding diaryl/α,β-unsaturated/α-hetero) is 1. The number of carbonyl (C=O) groups is 2. The Morgan fingerprint density at radius 2 is 1.92 bits per heavy atom. The van der Waals surface area contributed by atoms with Crippen molar-refractivity contribution in [3.63, 3.8) is 0 Å². The van der Waals surface area contributed by atoms with E-state index in [0.717, 1.165) is 25.7 Å². The fraction of sp³-hybridized carbons (Fsp3) is 0.500. The van der Waals surface area contributed by atoms with E-state index in [1.807, 2.05) is 0 Å². The molecule has 4 nitrogen and oxygen atoms in total. The summed E-state index contributed by atoms with van der Waals surface area (Å²) in [4.78, 5) is 26.2. The standard InChI is InChI=1S/C20H26FNO3/c1-4-6-7-14(5-2)12-22-18(15-8-10-16(21)11-9-15)17(13(3)23)19(24)20(22)25/h8-11,14,18,24H,4-7,12H2,1-3H3/t14-,18-/m1/s1. The van der Waals surface area contributed by atoms with Crippen LogP contribution >= 0.6 is 0 Å². The minimum Gasteiger partial charge on any atom is -0.503 e. The fourth-order valence-corrected chi connectivity index (χ4v) is 3.39. The number of halogens is 1. The van der Waals surface area contributed by atoms with Gasteiger partial charge in [0.05, 0.1) is 11.6 Å². The predicted molar refractivity (Wildman–Crippen MR) is 94.5 cm³/mol. The van der Waals surface area contributed by atoms with E-state index in [0.29, 0.717) is 18.0 Å². The molecule has 1 heterocycles. The molecular formula is C20H26FNO3. The molecule has 2 rings (SSSR count). The van der Waals surface area contributed by atoms with Gasteiger partial charge in [0.2, 0.25) is 0 Å². The number of amides is 1. The van der Waals surface area contributed by atoms with E-state index >= 15 is 0 Å². The number of rotatable bonds is 8. The Balaban J connectivity index is 2.37. The van der Waals surface area contributed by atoms with Gasteiger partial charge in [-0.1, -0.05) is 45.2 Å². The lowest BCUT2D eigenvalue weighted by Gasteiger charge is -2.30. The Bertz CT molecular complexity index is 666. The highest BCUT2D eigenvalue weighted by Crippen LogP contribution is 2.38. The van der Waals surface area contributed by atoms with Crippen molar-refractivity contribution in [2.45, 2.75) is 52.5 Å². The third-order valence-corrected chi connectivity index (χ3v) is 4.87. The van der Waals surface area contributed by atoms with Crippen LogP contribution in [0.15, 0.2) is 35.6 Å². The molecule has 1 N–H and O–H groups in total. The number of benzene rings is 1. The van der Waals surface area contributed by atoms with Crippen molar-refractivity contribution in [3.05, 3.63) is 47.0 Å². The van der Waals surface area contributed by atoms with Gasteiger partial charge in [0, 0.05) is 6.54 Å². The van der Waals surface area contributed by atoms with E-state index in [1.165, 1.54) is 19.1 Å². The molecule has 0 unspecified atom stereocenters. The number of unbranched alkanes of at least 4 members (excludes halogenated alkanes) is 1. The molecule has 1 aromatic rings. The molecule has 1 aliphatic heterocycles. The highest BCUT2D eigenvalue weighted by molar-refractivity contribution is 6.08. The first-order valence-corrected chi connectivity index (χ1v) is 8.91. The van der Waals surface area contributed by atoms with E-state index in [2.05, 4.69) is 13.8 Å². The maximum atomic E-state index is 13.3. The maximum Gasteiger partial charge on any atom is 0.290 e. The zero-order valence-corrected chi connectivity index (χ0v) is 15.1. The molecule has 25 heavy (non-hydrogen) atoms. The van der Waals surface area contributed by atoms with E-state index < -0.39 is 17.7 Å². The maximum absolute atomic E-state index is 13.3. The summed E-state index contributed by atoms with van der Waals surface area (Å²) in [6, 6.07) is 5.09. The van der Waals surface area contributed by atoms with Crippen LogP contribution in [0.1, 0.15) is 58.1 Å². The lowest BCUT2D eigenvalue weighted by Crippen LogP contribution is -2.35. The Kier molecular flexibility index (Phi) is 6.34. The average Bonchev–Trinajstić information content (AvgIpc) is 2.84. The van der Waals surface area contributed by atoms with Crippen molar-refractivity contribution >= 4 is 11.7 Å². The first-order valence-electron chi connectivity index (χ1n) is 8.91. The summed E-state index contributed by atoms with van der Waals surface area (Å²) < 4.78 is 13.3. The lowest BCUT2D eigenvalue weighted by molar-refractivity contribution is -0.130. The summed E-state index contributed by atoms with van der Waals surface area (Å²) in [5.41, 5.74) is 0.733. The Morgan fingerprint density at radius 1 is 1.28 bits per heavy atom. The smallest absolute Gasteiger partial charge is 0.290 e. The third kappa shape index (κ3) is 4.09. The van der Waals surface area contributed by atoms with Crippen molar-refractivity contribution in [1.82, 2.24) is 4.90 Å². The summed E-state index contributed by atoms with van der Waals surface area (Å²) in [6.07, 6.45) is 4.05. The van der Waals surface area contributed by atoms with Gasteiger partial charge in [0.15, 0.2) is 11.5 Å². The zero-order chi connectivity index (χ0) is 18.6. The molecule has 0 saturated carbocycles. The normalized spacial score (nSPS) is 18.8. The lowest BCUT2D eigenvalue weighted by atomic mass is 9.94. The SMILES string of the molecule is CCCC[C@@H](CC)CN1C(=O)C(O)=C(C(C)=O)[C@H]1c1ccc(F)cc1. The fourth-order valence-electron chi connectivity index (χ4n) is 3.39. The molecule has 0 bridgehead atoms. The van der Waals surface area contributed by atoms with Gasteiger partial charge in [-0.3, -0.25) is 9.59 Å². The topological polar surface area (TPSA) is 57.6 Å². The first-order chi connectivity index (χ1) is 11.9. The first kappa shape index (κ1) is 19.2. The Morgan fingerprint density at radius 3 is 2.44 bits per heavy atom. The van der Waals surface area contributed by atoms with Gasteiger partial charge in [-0.2, -0.15) is 0 Å². The molecule has 5 heteroatoms.